The van der Waals surface area contributed by atoms with Crippen LogP contribution in [0.3, 0.4) is 0 Å². The molecule has 9 nitrogen and oxygen atoms in total. The zero-order valence-corrected chi connectivity index (χ0v) is 17.7. The second kappa shape index (κ2) is 8.14. The van der Waals surface area contributed by atoms with Gasteiger partial charge in [0.05, 0.1) is 19.3 Å². The number of aliphatic hydroxyl groups excluding tert-OH is 1. The van der Waals surface area contributed by atoms with Gasteiger partial charge in [-0.15, -0.1) is 0 Å². The van der Waals surface area contributed by atoms with E-state index in [-0.39, 0.29) is 12.6 Å². The summed E-state index contributed by atoms with van der Waals surface area (Å²) < 4.78 is 5.11. The minimum absolute atomic E-state index is 0.228. The van der Waals surface area contributed by atoms with Gasteiger partial charge in [0.2, 0.25) is 5.91 Å². The Morgan fingerprint density at radius 2 is 1.93 bits per heavy atom. The zero-order chi connectivity index (χ0) is 22.2. The minimum atomic E-state index is -1.16. The van der Waals surface area contributed by atoms with Gasteiger partial charge in [0, 0.05) is 12.6 Å². The summed E-state index contributed by atoms with van der Waals surface area (Å²) in [5.74, 6) is -0.206. The van der Waals surface area contributed by atoms with Crippen molar-refractivity contribution in [2.24, 2.45) is 0 Å². The topological polar surface area (TPSA) is 119 Å². The highest BCUT2D eigenvalue weighted by Crippen LogP contribution is 2.47. The Labute approximate surface area is 175 Å². The van der Waals surface area contributed by atoms with Crippen LogP contribution in [0.4, 0.5) is 4.79 Å². The number of carbonyl (C=O) groups excluding carboxylic acids is 2. The van der Waals surface area contributed by atoms with E-state index in [0.29, 0.717) is 18.6 Å². The molecule has 1 aromatic carbocycles. The molecule has 30 heavy (non-hydrogen) atoms. The highest BCUT2D eigenvalue weighted by molar-refractivity contribution is 6.00. The lowest BCUT2D eigenvalue weighted by Crippen LogP contribution is -2.82. The molecule has 0 aromatic heterocycles. The number of amides is 3. The molecule has 5 atom stereocenters. The number of rotatable bonds is 6. The fourth-order valence-electron chi connectivity index (χ4n) is 4.78. The number of carbonyl (C=O) groups is 3. The molecule has 0 saturated carbocycles. The maximum atomic E-state index is 13.2. The fraction of sp³-hybridized carbons (Fsp3) is 0.571. The van der Waals surface area contributed by atoms with Crippen LogP contribution < -0.4 is 10.1 Å². The van der Waals surface area contributed by atoms with Crippen molar-refractivity contribution in [3.8, 4) is 5.75 Å². The third kappa shape index (κ3) is 3.36. The molecule has 0 aliphatic carbocycles. The van der Waals surface area contributed by atoms with Crippen molar-refractivity contribution in [1.29, 1.82) is 0 Å². The molecular formula is C21H29N3O6. The Hall–Kier alpha value is -2.81. The number of aliphatic hydroxyl groups is 1. The molecular weight excluding hydrogens is 390 g/mol. The maximum absolute atomic E-state index is 13.2. The average Bonchev–Trinajstić information content (AvgIpc) is 3.09. The summed E-state index contributed by atoms with van der Waals surface area (Å²) in [5, 5.41) is 22.7. The van der Waals surface area contributed by atoms with Crippen LogP contribution in [0.2, 0.25) is 0 Å². The van der Waals surface area contributed by atoms with E-state index in [4.69, 9.17) is 4.74 Å². The van der Waals surface area contributed by atoms with Gasteiger partial charge >= 0.3 is 6.09 Å². The summed E-state index contributed by atoms with van der Waals surface area (Å²) in [5.41, 5.74) is -0.316. The van der Waals surface area contributed by atoms with Crippen LogP contribution in [0.5, 0.6) is 5.75 Å². The molecule has 0 bridgehead atoms. The van der Waals surface area contributed by atoms with Gasteiger partial charge in [0.25, 0.3) is 5.91 Å². The minimum Gasteiger partial charge on any atom is -0.497 e. The summed E-state index contributed by atoms with van der Waals surface area (Å²) in [6, 6.07) is 5.30. The molecule has 9 heteroatoms. The lowest BCUT2D eigenvalue weighted by atomic mass is 9.75. The van der Waals surface area contributed by atoms with E-state index in [0.717, 1.165) is 5.56 Å². The Morgan fingerprint density at radius 3 is 2.43 bits per heavy atom. The van der Waals surface area contributed by atoms with Gasteiger partial charge in [0.1, 0.15) is 17.3 Å². The molecule has 2 aliphatic rings. The third-order valence-corrected chi connectivity index (χ3v) is 6.38. The van der Waals surface area contributed by atoms with Crippen LogP contribution in [0, 0.1) is 0 Å². The van der Waals surface area contributed by atoms with E-state index >= 15 is 0 Å². The number of ether oxygens (including phenoxy) is 1. The van der Waals surface area contributed by atoms with E-state index in [2.05, 4.69) is 5.32 Å². The standard InChI is InChI=1S/C21H29N3O6/c1-12-9-10-21(24(12)20(28)29)14(3)23(19(21)27)17(13(2)25)18(26)22-11-15-5-7-16(30-4)8-6-15/h5-8,12-14,17,25H,9-11H2,1-4H3,(H,22,26)(H,28,29)/t12?,13-,14?,17+,21?/m1/s1. The van der Waals surface area contributed by atoms with Crippen molar-refractivity contribution in [1.82, 2.24) is 15.1 Å². The molecule has 1 spiro atoms. The number of methoxy groups -OCH3 is 1. The van der Waals surface area contributed by atoms with Crippen molar-refractivity contribution in [2.45, 2.75) is 69.9 Å². The highest BCUT2D eigenvalue weighted by Gasteiger charge is 2.68. The van der Waals surface area contributed by atoms with Crippen LogP contribution in [-0.2, 0) is 16.1 Å². The van der Waals surface area contributed by atoms with Gasteiger partial charge in [0.15, 0.2) is 0 Å². The SMILES string of the molecule is COc1ccc(CNC(=O)[C@H]([C@@H](C)O)N2C(=O)C3(CCC(C)N3C(=O)O)C2C)cc1. The second-order valence-electron chi connectivity index (χ2n) is 8.10. The lowest BCUT2D eigenvalue weighted by molar-refractivity contribution is -0.183. The Kier molecular flexibility index (Phi) is 5.94. The molecule has 1 aromatic rings. The Morgan fingerprint density at radius 1 is 1.30 bits per heavy atom. The summed E-state index contributed by atoms with van der Waals surface area (Å²) in [4.78, 5) is 40.4. The first kappa shape index (κ1) is 21.9. The van der Waals surface area contributed by atoms with Crippen molar-refractivity contribution in [3.05, 3.63) is 29.8 Å². The molecule has 2 saturated heterocycles. The largest absolute Gasteiger partial charge is 0.497 e. The van der Waals surface area contributed by atoms with Crippen LogP contribution in [0.25, 0.3) is 0 Å². The Balaban J connectivity index is 1.74. The van der Waals surface area contributed by atoms with Crippen LogP contribution in [0.15, 0.2) is 24.3 Å². The monoisotopic (exact) mass is 419 g/mol. The number of carboxylic acid groups (broad SMARTS) is 1. The molecule has 2 heterocycles. The van der Waals surface area contributed by atoms with Gasteiger partial charge in [-0.1, -0.05) is 12.1 Å². The first-order valence-electron chi connectivity index (χ1n) is 10.1. The van der Waals surface area contributed by atoms with E-state index in [1.807, 2.05) is 12.1 Å². The van der Waals surface area contributed by atoms with E-state index in [1.54, 1.807) is 33.1 Å². The van der Waals surface area contributed by atoms with Gasteiger partial charge in [-0.05, 0) is 51.3 Å². The first-order valence-corrected chi connectivity index (χ1v) is 10.1. The molecule has 2 aliphatic heterocycles. The number of β-lactam (4-membered cyclic amide) rings is 1. The van der Waals surface area contributed by atoms with Crippen molar-refractivity contribution >= 4 is 17.9 Å². The molecule has 3 N–H and O–H groups in total. The normalized spacial score (nSPS) is 27.6. The van der Waals surface area contributed by atoms with Crippen LogP contribution in [0.1, 0.15) is 39.2 Å². The smallest absolute Gasteiger partial charge is 0.408 e. The van der Waals surface area contributed by atoms with Crippen molar-refractivity contribution < 1.29 is 29.3 Å². The molecule has 164 valence electrons. The van der Waals surface area contributed by atoms with Gasteiger partial charge in [-0.2, -0.15) is 0 Å². The van der Waals surface area contributed by atoms with Crippen LogP contribution in [-0.4, -0.2) is 74.8 Å². The second-order valence-corrected chi connectivity index (χ2v) is 8.10. The Bertz CT molecular complexity index is 827. The van der Waals surface area contributed by atoms with Gasteiger partial charge in [-0.25, -0.2) is 4.79 Å². The van der Waals surface area contributed by atoms with Crippen molar-refractivity contribution in [3.63, 3.8) is 0 Å². The number of nitrogens with one attached hydrogen (secondary N) is 1. The zero-order valence-electron chi connectivity index (χ0n) is 17.7. The van der Waals surface area contributed by atoms with Gasteiger partial charge in [-0.3, -0.25) is 14.5 Å². The molecule has 3 rings (SSSR count). The molecule has 3 amide bonds. The highest BCUT2D eigenvalue weighted by atomic mass is 16.5. The molecule has 2 fully saturated rings. The number of benzene rings is 1. The summed E-state index contributed by atoms with van der Waals surface area (Å²) in [6.45, 7) is 5.20. The fourth-order valence-corrected chi connectivity index (χ4v) is 4.78. The lowest BCUT2D eigenvalue weighted by Gasteiger charge is -2.58. The predicted octanol–water partition coefficient (Wildman–Crippen LogP) is 1.19. The quantitative estimate of drug-likeness (QED) is 0.596. The number of likely N-dealkylation sites (tertiary alicyclic amines) is 2. The van der Waals surface area contributed by atoms with Crippen LogP contribution >= 0.6 is 0 Å². The van der Waals surface area contributed by atoms with E-state index < -0.39 is 41.6 Å². The molecule has 0 radical (unpaired) electrons. The van der Waals surface area contributed by atoms with E-state index in [1.165, 1.54) is 16.7 Å². The van der Waals surface area contributed by atoms with E-state index in [9.17, 15) is 24.6 Å². The number of hydrogen-bond donors (Lipinski definition) is 3. The maximum Gasteiger partial charge on any atom is 0.408 e. The average molecular weight is 419 g/mol. The summed E-state index contributed by atoms with van der Waals surface area (Å²) in [7, 11) is 1.57. The molecule has 3 unspecified atom stereocenters. The summed E-state index contributed by atoms with van der Waals surface area (Å²) in [6.07, 6.45) is -1.25. The number of hydrogen-bond acceptors (Lipinski definition) is 5. The third-order valence-electron chi connectivity index (χ3n) is 6.38. The van der Waals surface area contributed by atoms with Gasteiger partial charge < -0.3 is 25.2 Å². The predicted molar refractivity (Wildman–Crippen MR) is 108 cm³/mol. The summed E-state index contributed by atoms with van der Waals surface area (Å²) >= 11 is 0. The van der Waals surface area contributed by atoms with Crippen molar-refractivity contribution in [2.75, 3.05) is 7.11 Å². The first-order chi connectivity index (χ1) is 14.1. The number of nitrogens with zero attached hydrogens (tertiary/aromatic N) is 2.